The third-order valence-corrected chi connectivity index (χ3v) is 4.72. The van der Waals surface area contributed by atoms with Crippen LogP contribution < -0.4 is 5.32 Å². The monoisotopic (exact) mass is 353 g/mol. The van der Waals surface area contributed by atoms with Crippen molar-refractivity contribution < 1.29 is 5.11 Å². The zero-order chi connectivity index (χ0) is 18.2. The highest BCUT2D eigenvalue weighted by atomic mass is 16.2. The number of aromatic nitrogens is 4. The molecule has 1 saturated carbocycles. The van der Waals surface area contributed by atoms with E-state index in [0.717, 1.165) is 23.3 Å². The lowest BCUT2D eigenvalue weighted by atomic mass is 9.95. The summed E-state index contributed by atoms with van der Waals surface area (Å²) in [5.41, 5.74) is 3.27. The average molecular weight is 353 g/mol. The molecule has 2 heterocycles. The number of H-pyrrole nitrogens is 1. The number of aliphatic hydroxyl groups excluding tert-OH is 1. The number of aliphatic hydroxyl groups is 1. The number of fused-ring (bicyclic) bond motifs is 1. The van der Waals surface area contributed by atoms with Crippen LogP contribution in [0.15, 0.2) is 36.8 Å². The van der Waals surface area contributed by atoms with Crippen molar-refractivity contribution >= 4 is 16.9 Å². The number of hydrogen-bond acceptors (Lipinski definition) is 5. The first-order valence-corrected chi connectivity index (χ1v) is 9.33. The molecule has 1 fully saturated rings. The molecular formula is C20H27N5O. The summed E-state index contributed by atoms with van der Waals surface area (Å²) >= 11 is 0. The number of hydrogen-bond donors (Lipinski definition) is 3. The molecule has 0 amide bonds. The Hall–Kier alpha value is -2.47. The highest BCUT2D eigenvalue weighted by molar-refractivity contribution is 5.85. The number of benzene rings is 1. The molecule has 2 aromatic heterocycles. The molecule has 1 aliphatic rings. The van der Waals surface area contributed by atoms with Crippen LogP contribution in [0, 0.1) is 6.92 Å². The molecular weight excluding hydrogens is 326 g/mol. The number of nitrogens with one attached hydrogen (secondary N) is 2. The molecule has 0 atom stereocenters. The SMILES string of the molecule is Cc1ccc(CCO)cc1.c1nc(NC2CCCCC2)c2cn[nH]c2n1. The van der Waals surface area contributed by atoms with Gasteiger partial charge in [-0.1, -0.05) is 49.1 Å². The Labute approximate surface area is 154 Å². The number of nitrogens with zero attached hydrogens (tertiary/aromatic N) is 3. The van der Waals surface area contributed by atoms with Crippen molar-refractivity contribution in [2.75, 3.05) is 11.9 Å². The molecule has 138 valence electrons. The van der Waals surface area contributed by atoms with Gasteiger partial charge in [-0.2, -0.15) is 5.10 Å². The predicted molar refractivity (Wildman–Crippen MR) is 104 cm³/mol. The van der Waals surface area contributed by atoms with Gasteiger partial charge in [-0.05, 0) is 31.7 Å². The van der Waals surface area contributed by atoms with Crippen LogP contribution in [0.5, 0.6) is 0 Å². The van der Waals surface area contributed by atoms with E-state index >= 15 is 0 Å². The van der Waals surface area contributed by atoms with Gasteiger partial charge in [0.15, 0.2) is 5.65 Å². The Balaban J connectivity index is 0.000000170. The van der Waals surface area contributed by atoms with Gasteiger partial charge in [0.05, 0.1) is 11.6 Å². The van der Waals surface area contributed by atoms with E-state index in [9.17, 15) is 0 Å². The molecule has 0 bridgehead atoms. The molecule has 3 aromatic rings. The van der Waals surface area contributed by atoms with Crippen LogP contribution >= 0.6 is 0 Å². The van der Waals surface area contributed by atoms with Crippen molar-refractivity contribution in [1.82, 2.24) is 20.2 Å². The van der Waals surface area contributed by atoms with Crippen molar-refractivity contribution in [2.45, 2.75) is 51.5 Å². The van der Waals surface area contributed by atoms with E-state index in [0.29, 0.717) is 6.04 Å². The van der Waals surface area contributed by atoms with Gasteiger partial charge < -0.3 is 10.4 Å². The molecule has 0 saturated heterocycles. The molecule has 0 aliphatic heterocycles. The summed E-state index contributed by atoms with van der Waals surface area (Å²) in [4.78, 5) is 8.42. The summed E-state index contributed by atoms with van der Waals surface area (Å²) in [6.45, 7) is 2.30. The highest BCUT2D eigenvalue weighted by Gasteiger charge is 2.15. The Morgan fingerprint density at radius 2 is 1.88 bits per heavy atom. The lowest BCUT2D eigenvalue weighted by molar-refractivity contribution is 0.299. The van der Waals surface area contributed by atoms with Gasteiger partial charge in [0, 0.05) is 12.6 Å². The van der Waals surface area contributed by atoms with Gasteiger partial charge in [-0.3, -0.25) is 5.10 Å². The molecule has 0 radical (unpaired) electrons. The van der Waals surface area contributed by atoms with Gasteiger partial charge in [0.2, 0.25) is 0 Å². The molecule has 1 aliphatic carbocycles. The summed E-state index contributed by atoms with van der Waals surface area (Å²) in [6.07, 6.45) is 10.6. The van der Waals surface area contributed by atoms with E-state index in [-0.39, 0.29) is 6.61 Å². The van der Waals surface area contributed by atoms with E-state index in [1.807, 2.05) is 12.1 Å². The number of aryl methyl sites for hydroxylation is 1. The minimum Gasteiger partial charge on any atom is -0.396 e. The fourth-order valence-corrected chi connectivity index (χ4v) is 3.20. The molecule has 4 rings (SSSR count). The second-order valence-corrected chi connectivity index (χ2v) is 6.79. The van der Waals surface area contributed by atoms with Crippen LogP contribution in [0.1, 0.15) is 43.2 Å². The summed E-state index contributed by atoms with van der Waals surface area (Å²) in [5.74, 6) is 0.908. The zero-order valence-electron chi connectivity index (χ0n) is 15.3. The lowest BCUT2D eigenvalue weighted by Crippen LogP contribution is -2.22. The molecule has 1 aromatic carbocycles. The first kappa shape index (κ1) is 18.3. The quantitative estimate of drug-likeness (QED) is 0.667. The van der Waals surface area contributed by atoms with Gasteiger partial charge in [-0.15, -0.1) is 0 Å². The van der Waals surface area contributed by atoms with Crippen molar-refractivity contribution in [2.24, 2.45) is 0 Å². The van der Waals surface area contributed by atoms with Crippen LogP contribution in [0.2, 0.25) is 0 Å². The normalized spacial score (nSPS) is 14.7. The fraction of sp³-hybridized carbons (Fsp3) is 0.450. The number of aromatic amines is 1. The van der Waals surface area contributed by atoms with Crippen LogP contribution in [0.4, 0.5) is 5.82 Å². The minimum absolute atomic E-state index is 0.239. The lowest BCUT2D eigenvalue weighted by Gasteiger charge is -2.23. The van der Waals surface area contributed by atoms with Crippen molar-refractivity contribution in [1.29, 1.82) is 0 Å². The highest BCUT2D eigenvalue weighted by Crippen LogP contribution is 2.23. The van der Waals surface area contributed by atoms with E-state index < -0.39 is 0 Å². The fourth-order valence-electron chi connectivity index (χ4n) is 3.20. The van der Waals surface area contributed by atoms with Crippen molar-refractivity contribution in [3.8, 4) is 0 Å². The van der Waals surface area contributed by atoms with E-state index in [1.54, 1.807) is 12.5 Å². The van der Waals surface area contributed by atoms with Gasteiger partial charge >= 0.3 is 0 Å². The first-order chi connectivity index (χ1) is 12.8. The Morgan fingerprint density at radius 3 is 2.62 bits per heavy atom. The Morgan fingerprint density at radius 1 is 1.12 bits per heavy atom. The predicted octanol–water partition coefficient (Wildman–Crippen LogP) is 3.63. The zero-order valence-corrected chi connectivity index (χ0v) is 15.3. The largest absolute Gasteiger partial charge is 0.396 e. The van der Waals surface area contributed by atoms with E-state index in [2.05, 4.69) is 44.5 Å². The number of anilines is 1. The maximum atomic E-state index is 8.59. The van der Waals surface area contributed by atoms with E-state index in [1.165, 1.54) is 43.2 Å². The Kier molecular flexibility index (Phi) is 6.55. The van der Waals surface area contributed by atoms with Gasteiger partial charge in [-0.25, -0.2) is 9.97 Å². The van der Waals surface area contributed by atoms with Crippen LogP contribution in [-0.2, 0) is 6.42 Å². The standard InChI is InChI=1S/C11H15N5.C9H12O/c1-2-4-8(5-3-1)15-10-9-6-14-16-11(9)13-7-12-10;1-8-2-4-9(5-3-8)6-7-10/h6-8H,1-5H2,(H2,12,13,14,15,16);2-5,10H,6-7H2,1H3. The Bertz CT molecular complexity index is 793. The van der Waals surface area contributed by atoms with Crippen LogP contribution in [0.3, 0.4) is 0 Å². The van der Waals surface area contributed by atoms with Gasteiger partial charge in [0.25, 0.3) is 0 Å². The molecule has 0 unspecified atom stereocenters. The average Bonchev–Trinajstić information content (AvgIpc) is 3.15. The van der Waals surface area contributed by atoms with Crippen LogP contribution in [-0.4, -0.2) is 37.9 Å². The summed E-state index contributed by atoms with van der Waals surface area (Å²) in [7, 11) is 0. The molecule has 6 nitrogen and oxygen atoms in total. The molecule has 26 heavy (non-hydrogen) atoms. The maximum absolute atomic E-state index is 8.59. The third kappa shape index (κ3) is 5.02. The van der Waals surface area contributed by atoms with E-state index in [4.69, 9.17) is 5.11 Å². The smallest absolute Gasteiger partial charge is 0.160 e. The second kappa shape index (κ2) is 9.29. The molecule has 6 heteroatoms. The van der Waals surface area contributed by atoms with Crippen LogP contribution in [0.25, 0.3) is 11.0 Å². The first-order valence-electron chi connectivity index (χ1n) is 9.33. The number of rotatable bonds is 4. The molecule has 3 N–H and O–H groups in total. The van der Waals surface area contributed by atoms with Crippen molar-refractivity contribution in [3.63, 3.8) is 0 Å². The molecule has 0 spiro atoms. The summed E-state index contributed by atoms with van der Waals surface area (Å²) < 4.78 is 0. The maximum Gasteiger partial charge on any atom is 0.160 e. The van der Waals surface area contributed by atoms with Gasteiger partial charge in [0.1, 0.15) is 12.1 Å². The van der Waals surface area contributed by atoms with Crippen molar-refractivity contribution in [3.05, 3.63) is 47.9 Å². The topological polar surface area (TPSA) is 86.7 Å². The minimum atomic E-state index is 0.239. The second-order valence-electron chi connectivity index (χ2n) is 6.79. The summed E-state index contributed by atoms with van der Waals surface area (Å²) in [6, 6.07) is 8.77. The summed E-state index contributed by atoms with van der Waals surface area (Å²) in [5, 5.41) is 19.9. The third-order valence-electron chi connectivity index (χ3n) is 4.72.